The Morgan fingerprint density at radius 2 is 2.44 bits per heavy atom. The molecule has 3 N–H and O–H groups in total. The zero-order chi connectivity index (χ0) is 11.7. The van der Waals surface area contributed by atoms with Gasteiger partial charge in [0.25, 0.3) is 0 Å². The van der Waals surface area contributed by atoms with Gasteiger partial charge in [-0.05, 0) is 6.42 Å². The number of ether oxygens (including phenoxy) is 1. The molecule has 1 saturated heterocycles. The maximum Gasteiger partial charge on any atom is 0.351 e. The highest BCUT2D eigenvalue weighted by Crippen LogP contribution is 2.27. The van der Waals surface area contributed by atoms with Gasteiger partial charge in [-0.25, -0.2) is 19.3 Å². The van der Waals surface area contributed by atoms with Gasteiger partial charge in [-0.15, -0.1) is 0 Å². The van der Waals surface area contributed by atoms with Crippen molar-refractivity contribution in [1.82, 2.24) is 9.55 Å². The second-order valence-electron chi connectivity index (χ2n) is 3.37. The Balaban J connectivity index is 2.28. The van der Waals surface area contributed by atoms with Crippen LogP contribution in [0.3, 0.4) is 0 Å². The van der Waals surface area contributed by atoms with Gasteiger partial charge >= 0.3 is 5.69 Å². The molecule has 0 saturated carbocycles. The van der Waals surface area contributed by atoms with E-state index in [1.165, 1.54) is 0 Å². The van der Waals surface area contributed by atoms with Crippen LogP contribution in [0.2, 0.25) is 0 Å². The van der Waals surface area contributed by atoms with Crippen molar-refractivity contribution in [3.8, 4) is 0 Å². The number of hydrogen-bond donors (Lipinski definition) is 2. The van der Waals surface area contributed by atoms with Gasteiger partial charge < -0.3 is 10.5 Å². The maximum atomic E-state index is 13.1. The van der Waals surface area contributed by atoms with Crippen molar-refractivity contribution in [2.24, 2.45) is 0 Å². The Labute approximate surface area is 89.2 Å². The Hall–Kier alpha value is -1.51. The van der Waals surface area contributed by atoms with Crippen LogP contribution in [-0.4, -0.2) is 21.1 Å². The van der Waals surface area contributed by atoms with Gasteiger partial charge in [0.1, 0.15) is 6.23 Å². The molecule has 8 heteroatoms. The fraction of sp³-hybridized carbons (Fsp3) is 0.500. The first-order chi connectivity index (χ1) is 7.61. The average Bonchev–Trinajstić information content (AvgIpc) is 2.71. The average molecular weight is 231 g/mol. The summed E-state index contributed by atoms with van der Waals surface area (Å²) in [6.45, 7) is 0. The predicted octanol–water partition coefficient (Wildman–Crippen LogP) is 0.0893. The number of nitrogen functional groups attached to an aromatic ring is 1. The highest BCUT2D eigenvalue weighted by atomic mass is 19.1. The highest BCUT2D eigenvalue weighted by Gasteiger charge is 2.28. The molecule has 16 heavy (non-hydrogen) atoms. The minimum Gasteiger partial charge on any atom is -0.381 e. The van der Waals surface area contributed by atoms with E-state index in [1.54, 1.807) is 0 Å². The van der Waals surface area contributed by atoms with E-state index >= 15 is 0 Å². The van der Waals surface area contributed by atoms with Crippen LogP contribution in [-0.2, 0) is 9.62 Å². The number of rotatable bonds is 2. The summed E-state index contributed by atoms with van der Waals surface area (Å²) in [7, 11) is 0. The molecule has 2 heterocycles. The number of nitrogens with two attached hydrogens (primary N) is 1. The standard InChI is InChI=1S/C8H10FN3O4/c9-4-3-12(8(13)11-7(4)10)5-1-2-6(15-5)16-14/h3,5-6,14H,1-2H2,(H2,10,11,13)/t5-,6-/m1/s1. The quantitative estimate of drug-likeness (QED) is 0.552. The summed E-state index contributed by atoms with van der Waals surface area (Å²) in [4.78, 5) is 18.7. The van der Waals surface area contributed by atoms with Crippen LogP contribution in [0, 0.1) is 5.82 Å². The molecule has 2 atom stereocenters. The number of anilines is 1. The number of aromatic nitrogens is 2. The Morgan fingerprint density at radius 3 is 3.06 bits per heavy atom. The lowest BCUT2D eigenvalue weighted by molar-refractivity contribution is -0.344. The van der Waals surface area contributed by atoms with E-state index in [1.807, 2.05) is 0 Å². The molecule has 1 aliphatic heterocycles. The Morgan fingerprint density at radius 1 is 1.69 bits per heavy atom. The Bertz CT molecular complexity index is 449. The summed E-state index contributed by atoms with van der Waals surface area (Å²) < 4.78 is 19.2. The summed E-state index contributed by atoms with van der Waals surface area (Å²) in [5, 5.41) is 8.38. The molecule has 7 nitrogen and oxygen atoms in total. The van der Waals surface area contributed by atoms with Gasteiger partial charge in [-0.2, -0.15) is 4.98 Å². The molecule has 0 aliphatic carbocycles. The predicted molar refractivity (Wildman–Crippen MR) is 49.7 cm³/mol. The lowest BCUT2D eigenvalue weighted by Crippen LogP contribution is -2.28. The lowest BCUT2D eigenvalue weighted by Gasteiger charge is -2.14. The van der Waals surface area contributed by atoms with Crippen molar-refractivity contribution < 1.29 is 19.3 Å². The van der Waals surface area contributed by atoms with Gasteiger partial charge in [0.05, 0.1) is 6.20 Å². The van der Waals surface area contributed by atoms with Gasteiger partial charge in [0.15, 0.2) is 17.9 Å². The molecule has 1 aliphatic rings. The molecular weight excluding hydrogens is 221 g/mol. The third-order valence-corrected chi connectivity index (χ3v) is 2.32. The highest BCUT2D eigenvalue weighted by molar-refractivity contribution is 5.26. The monoisotopic (exact) mass is 231 g/mol. The fourth-order valence-electron chi connectivity index (χ4n) is 1.54. The minimum absolute atomic E-state index is 0.402. The van der Waals surface area contributed by atoms with E-state index in [0.29, 0.717) is 12.8 Å². The van der Waals surface area contributed by atoms with Crippen LogP contribution in [0.25, 0.3) is 0 Å². The van der Waals surface area contributed by atoms with Crippen molar-refractivity contribution in [2.75, 3.05) is 5.73 Å². The van der Waals surface area contributed by atoms with E-state index in [4.69, 9.17) is 15.7 Å². The van der Waals surface area contributed by atoms with E-state index in [9.17, 15) is 9.18 Å². The molecule has 1 aromatic rings. The zero-order valence-corrected chi connectivity index (χ0v) is 8.17. The largest absolute Gasteiger partial charge is 0.381 e. The number of hydrogen-bond acceptors (Lipinski definition) is 6. The van der Waals surface area contributed by atoms with Gasteiger partial charge in [-0.3, -0.25) is 4.57 Å². The van der Waals surface area contributed by atoms with Crippen molar-refractivity contribution in [2.45, 2.75) is 25.4 Å². The van der Waals surface area contributed by atoms with Crippen LogP contribution >= 0.6 is 0 Å². The van der Waals surface area contributed by atoms with E-state index < -0.39 is 29.8 Å². The number of halogens is 1. The first-order valence-electron chi connectivity index (χ1n) is 4.61. The van der Waals surface area contributed by atoms with Gasteiger partial charge in [-0.1, -0.05) is 0 Å². The van der Waals surface area contributed by atoms with Crippen LogP contribution in [0.15, 0.2) is 11.0 Å². The topological polar surface area (TPSA) is 99.6 Å². The molecule has 1 fully saturated rings. The lowest BCUT2D eigenvalue weighted by atomic mass is 10.3. The molecule has 2 rings (SSSR count). The summed E-state index contributed by atoms with van der Waals surface area (Å²) in [6.07, 6.45) is 0.231. The summed E-state index contributed by atoms with van der Waals surface area (Å²) in [5.41, 5.74) is 4.43. The molecule has 1 aromatic heterocycles. The van der Waals surface area contributed by atoms with Crippen molar-refractivity contribution in [3.05, 3.63) is 22.5 Å². The third kappa shape index (κ3) is 1.90. The fourth-order valence-corrected chi connectivity index (χ4v) is 1.54. The number of nitrogens with zero attached hydrogens (tertiary/aromatic N) is 2. The summed E-state index contributed by atoms with van der Waals surface area (Å²) >= 11 is 0. The first kappa shape index (κ1) is 11.0. The molecule has 0 aromatic carbocycles. The normalized spacial score (nSPS) is 24.9. The van der Waals surface area contributed by atoms with Crippen LogP contribution < -0.4 is 11.4 Å². The molecule has 0 bridgehead atoms. The second kappa shape index (κ2) is 4.16. The third-order valence-electron chi connectivity index (χ3n) is 2.32. The molecule has 0 spiro atoms. The Kier molecular flexibility index (Phi) is 2.86. The molecule has 0 amide bonds. The second-order valence-corrected chi connectivity index (χ2v) is 3.37. The zero-order valence-electron chi connectivity index (χ0n) is 8.17. The summed E-state index contributed by atoms with van der Waals surface area (Å²) in [6, 6.07) is 0. The van der Waals surface area contributed by atoms with E-state index in [0.717, 1.165) is 10.8 Å². The van der Waals surface area contributed by atoms with Crippen LogP contribution in [0.1, 0.15) is 19.1 Å². The van der Waals surface area contributed by atoms with Crippen molar-refractivity contribution in [1.29, 1.82) is 0 Å². The van der Waals surface area contributed by atoms with Gasteiger partial charge in [0, 0.05) is 6.42 Å². The van der Waals surface area contributed by atoms with Gasteiger partial charge in [0.2, 0.25) is 0 Å². The summed E-state index contributed by atoms with van der Waals surface area (Å²) in [5.74, 6) is -1.24. The van der Waals surface area contributed by atoms with Crippen molar-refractivity contribution >= 4 is 5.82 Å². The first-order valence-corrected chi connectivity index (χ1v) is 4.61. The molecular formula is C8H10FN3O4. The van der Waals surface area contributed by atoms with E-state index in [2.05, 4.69) is 9.87 Å². The molecule has 0 unspecified atom stereocenters. The van der Waals surface area contributed by atoms with E-state index in [-0.39, 0.29) is 0 Å². The van der Waals surface area contributed by atoms with Crippen LogP contribution in [0.4, 0.5) is 10.2 Å². The van der Waals surface area contributed by atoms with Crippen molar-refractivity contribution in [3.63, 3.8) is 0 Å². The van der Waals surface area contributed by atoms with Crippen LogP contribution in [0.5, 0.6) is 0 Å². The maximum absolute atomic E-state index is 13.1. The molecule has 88 valence electrons. The smallest absolute Gasteiger partial charge is 0.351 e. The molecule has 0 radical (unpaired) electrons. The SMILES string of the molecule is Nc1nc(=O)n([C@H]2CC[C@@H](OO)O2)cc1F. The minimum atomic E-state index is -0.808.